The van der Waals surface area contributed by atoms with Gasteiger partial charge in [0.2, 0.25) is 0 Å². The number of rotatable bonds is 6. The summed E-state index contributed by atoms with van der Waals surface area (Å²) in [4.78, 5) is 16.8. The normalized spacial score (nSPS) is 10.2. The second kappa shape index (κ2) is 8.16. The van der Waals surface area contributed by atoms with Crippen molar-refractivity contribution in [2.24, 2.45) is 0 Å². The molecule has 2 aromatic carbocycles. The smallest absolute Gasteiger partial charge is 0.255 e. The van der Waals surface area contributed by atoms with Gasteiger partial charge in [0.05, 0.1) is 7.11 Å². The number of amides is 1. The van der Waals surface area contributed by atoms with Crippen LogP contribution in [0.4, 0.5) is 17.2 Å². The second-order valence-electron chi connectivity index (χ2n) is 5.79. The molecule has 0 aliphatic carbocycles. The molecule has 5 nitrogen and oxygen atoms in total. The molecular formula is C21H21N3O2. The molecular weight excluding hydrogens is 326 g/mol. The monoisotopic (exact) mass is 347 g/mol. The summed E-state index contributed by atoms with van der Waals surface area (Å²) in [5, 5.41) is 6.11. The predicted octanol–water partition coefficient (Wildman–Crippen LogP) is 4.65. The Labute approximate surface area is 153 Å². The van der Waals surface area contributed by atoms with Gasteiger partial charge in [-0.1, -0.05) is 19.1 Å². The van der Waals surface area contributed by atoms with Gasteiger partial charge < -0.3 is 15.4 Å². The average Bonchev–Trinajstić information content (AvgIpc) is 2.69. The standard InChI is InChI=1S/C21H21N3O2/c1-3-15-5-4-6-18(13-15)23-20-14-16(11-12-22-20)21(25)24-17-7-9-19(26-2)10-8-17/h4-14H,3H2,1-2H3,(H,22,23)(H,24,25). The fourth-order valence-corrected chi connectivity index (χ4v) is 2.53. The van der Waals surface area contributed by atoms with E-state index in [2.05, 4.69) is 34.7 Å². The van der Waals surface area contributed by atoms with Gasteiger partial charge in [0.15, 0.2) is 0 Å². The van der Waals surface area contributed by atoms with Gasteiger partial charge in [-0.25, -0.2) is 4.98 Å². The Morgan fingerprint density at radius 2 is 1.85 bits per heavy atom. The number of carbonyl (C=O) groups excluding carboxylic acids is 1. The Morgan fingerprint density at radius 1 is 1.04 bits per heavy atom. The van der Waals surface area contributed by atoms with Crippen molar-refractivity contribution in [3.8, 4) is 5.75 Å². The van der Waals surface area contributed by atoms with Gasteiger partial charge in [0.25, 0.3) is 5.91 Å². The van der Waals surface area contributed by atoms with Gasteiger partial charge in [-0.3, -0.25) is 4.79 Å². The maximum Gasteiger partial charge on any atom is 0.255 e. The van der Waals surface area contributed by atoms with Gasteiger partial charge in [0.1, 0.15) is 11.6 Å². The van der Waals surface area contributed by atoms with Gasteiger partial charge in [0, 0.05) is 23.1 Å². The molecule has 0 unspecified atom stereocenters. The minimum Gasteiger partial charge on any atom is -0.497 e. The largest absolute Gasteiger partial charge is 0.497 e. The minimum atomic E-state index is -0.192. The number of benzene rings is 2. The molecule has 5 heteroatoms. The van der Waals surface area contributed by atoms with Gasteiger partial charge in [-0.05, 0) is 60.5 Å². The van der Waals surface area contributed by atoms with E-state index in [0.29, 0.717) is 17.1 Å². The lowest BCUT2D eigenvalue weighted by atomic mass is 10.1. The summed E-state index contributed by atoms with van der Waals surface area (Å²) in [6, 6.07) is 18.8. The van der Waals surface area contributed by atoms with Crippen molar-refractivity contribution in [1.82, 2.24) is 4.98 Å². The fraction of sp³-hybridized carbons (Fsp3) is 0.143. The van der Waals surface area contributed by atoms with Crippen molar-refractivity contribution in [1.29, 1.82) is 0 Å². The number of carbonyl (C=O) groups is 1. The Bertz CT molecular complexity index is 892. The van der Waals surface area contributed by atoms with Crippen LogP contribution in [0, 0.1) is 0 Å². The van der Waals surface area contributed by atoms with Crippen LogP contribution in [-0.4, -0.2) is 18.0 Å². The Kier molecular flexibility index (Phi) is 5.49. The summed E-state index contributed by atoms with van der Waals surface area (Å²) in [6.45, 7) is 2.11. The van der Waals surface area contributed by atoms with E-state index in [9.17, 15) is 4.79 Å². The van der Waals surface area contributed by atoms with Gasteiger partial charge in [-0.2, -0.15) is 0 Å². The number of hydrogen-bond donors (Lipinski definition) is 2. The first kappa shape index (κ1) is 17.5. The molecule has 0 aliphatic heterocycles. The zero-order valence-corrected chi connectivity index (χ0v) is 14.8. The SMILES string of the molecule is CCc1cccc(Nc2cc(C(=O)Nc3ccc(OC)cc3)ccn2)c1. The Balaban J connectivity index is 1.72. The number of pyridine rings is 1. The molecule has 3 rings (SSSR count). The molecule has 132 valence electrons. The molecule has 3 aromatic rings. The third-order valence-corrected chi connectivity index (χ3v) is 3.98. The van der Waals surface area contributed by atoms with Crippen LogP contribution in [0.15, 0.2) is 66.9 Å². The molecule has 0 saturated heterocycles. The minimum absolute atomic E-state index is 0.192. The molecule has 1 heterocycles. The Hall–Kier alpha value is -3.34. The van der Waals surface area contributed by atoms with E-state index in [1.54, 1.807) is 49.7 Å². The van der Waals surface area contributed by atoms with Crippen molar-refractivity contribution >= 4 is 23.1 Å². The summed E-state index contributed by atoms with van der Waals surface area (Å²) >= 11 is 0. The molecule has 0 bridgehead atoms. The van der Waals surface area contributed by atoms with Crippen LogP contribution in [0.3, 0.4) is 0 Å². The van der Waals surface area contributed by atoms with Crippen LogP contribution in [-0.2, 0) is 6.42 Å². The number of ether oxygens (including phenoxy) is 1. The van der Waals surface area contributed by atoms with Gasteiger partial charge in [-0.15, -0.1) is 0 Å². The summed E-state index contributed by atoms with van der Waals surface area (Å²) < 4.78 is 5.12. The number of aromatic nitrogens is 1. The lowest BCUT2D eigenvalue weighted by molar-refractivity contribution is 0.102. The molecule has 0 aliphatic rings. The van der Waals surface area contributed by atoms with E-state index >= 15 is 0 Å². The van der Waals surface area contributed by atoms with Crippen LogP contribution in [0.5, 0.6) is 5.75 Å². The number of nitrogens with one attached hydrogen (secondary N) is 2. The number of hydrogen-bond acceptors (Lipinski definition) is 4. The van der Waals surface area contributed by atoms with E-state index in [0.717, 1.165) is 17.9 Å². The first-order valence-corrected chi connectivity index (χ1v) is 8.45. The topological polar surface area (TPSA) is 63.2 Å². The molecule has 1 amide bonds. The van der Waals surface area contributed by atoms with Crippen LogP contribution < -0.4 is 15.4 Å². The van der Waals surface area contributed by atoms with Gasteiger partial charge >= 0.3 is 0 Å². The van der Waals surface area contributed by atoms with Crippen molar-refractivity contribution in [2.75, 3.05) is 17.7 Å². The van der Waals surface area contributed by atoms with E-state index in [4.69, 9.17) is 4.74 Å². The molecule has 0 atom stereocenters. The number of aryl methyl sites for hydroxylation is 1. The maximum atomic E-state index is 12.5. The maximum absolute atomic E-state index is 12.5. The molecule has 0 spiro atoms. The van der Waals surface area contributed by atoms with Crippen LogP contribution >= 0.6 is 0 Å². The summed E-state index contributed by atoms with van der Waals surface area (Å²) in [7, 11) is 1.61. The van der Waals surface area contributed by atoms with Crippen LogP contribution in [0.25, 0.3) is 0 Å². The van der Waals surface area contributed by atoms with E-state index in [1.807, 2.05) is 12.1 Å². The Morgan fingerprint density at radius 3 is 2.58 bits per heavy atom. The zero-order valence-electron chi connectivity index (χ0n) is 14.8. The lowest BCUT2D eigenvalue weighted by Crippen LogP contribution is -2.12. The first-order valence-electron chi connectivity index (χ1n) is 8.45. The highest BCUT2D eigenvalue weighted by Gasteiger charge is 2.08. The van der Waals surface area contributed by atoms with Crippen LogP contribution in [0.1, 0.15) is 22.8 Å². The third-order valence-electron chi connectivity index (χ3n) is 3.98. The van der Waals surface area contributed by atoms with Crippen molar-refractivity contribution in [3.05, 3.63) is 78.0 Å². The summed E-state index contributed by atoms with van der Waals surface area (Å²) in [6.07, 6.45) is 2.59. The average molecular weight is 347 g/mol. The second-order valence-corrected chi connectivity index (χ2v) is 5.79. The zero-order chi connectivity index (χ0) is 18.4. The van der Waals surface area contributed by atoms with Crippen molar-refractivity contribution in [3.63, 3.8) is 0 Å². The molecule has 0 fully saturated rings. The third kappa shape index (κ3) is 4.39. The molecule has 1 aromatic heterocycles. The summed E-state index contributed by atoms with van der Waals surface area (Å²) in [5.41, 5.74) is 3.43. The van der Waals surface area contributed by atoms with E-state index in [-0.39, 0.29) is 5.91 Å². The quantitative estimate of drug-likeness (QED) is 0.681. The molecule has 0 radical (unpaired) electrons. The predicted molar refractivity (Wildman–Crippen MR) is 104 cm³/mol. The van der Waals surface area contributed by atoms with Crippen molar-refractivity contribution in [2.45, 2.75) is 13.3 Å². The number of anilines is 3. The van der Waals surface area contributed by atoms with Crippen molar-refractivity contribution < 1.29 is 9.53 Å². The summed E-state index contributed by atoms with van der Waals surface area (Å²) in [5.74, 6) is 1.18. The number of nitrogens with zero attached hydrogens (tertiary/aromatic N) is 1. The lowest BCUT2D eigenvalue weighted by Gasteiger charge is -2.09. The highest BCUT2D eigenvalue weighted by molar-refractivity contribution is 6.04. The molecule has 0 saturated carbocycles. The first-order chi connectivity index (χ1) is 12.7. The molecule has 2 N–H and O–H groups in total. The highest BCUT2D eigenvalue weighted by atomic mass is 16.5. The van der Waals surface area contributed by atoms with E-state index < -0.39 is 0 Å². The van der Waals surface area contributed by atoms with E-state index in [1.165, 1.54) is 5.56 Å². The molecule has 26 heavy (non-hydrogen) atoms. The fourth-order valence-electron chi connectivity index (χ4n) is 2.53. The van der Waals surface area contributed by atoms with Crippen LogP contribution in [0.2, 0.25) is 0 Å². The highest BCUT2D eigenvalue weighted by Crippen LogP contribution is 2.19. The number of methoxy groups -OCH3 is 1.